The summed E-state index contributed by atoms with van der Waals surface area (Å²) in [6, 6.07) is 0. The first-order valence-electron chi connectivity index (χ1n) is 5.22. The van der Waals surface area contributed by atoms with E-state index in [4.69, 9.17) is 4.89 Å². The molecule has 0 aliphatic heterocycles. The quantitative estimate of drug-likeness (QED) is 0.741. The molecule has 0 rings (SSSR count). The van der Waals surface area contributed by atoms with Gasteiger partial charge in [0.05, 0.1) is 18.8 Å². The highest BCUT2D eigenvalue weighted by atomic mass is 31.2. The van der Waals surface area contributed by atoms with Gasteiger partial charge in [-0.25, -0.2) is 9.36 Å². The standard InChI is InChI=1S/C6H15O4P.C3H7NO2/c1-5(2)9-11(7,8)10-6(3)4;1-2-6-3(4)5/h5-6H,1-4H3,(H,7,8);2H2,1H3,(H2,4,5). The van der Waals surface area contributed by atoms with Crippen molar-refractivity contribution in [2.24, 2.45) is 5.73 Å². The SMILES string of the molecule is CC(C)OP(=O)(O)OC(C)C.CCOC(N)=O. The van der Waals surface area contributed by atoms with Gasteiger partial charge in [0.1, 0.15) is 0 Å². The number of hydrogen-bond donors (Lipinski definition) is 2. The molecule has 0 saturated carbocycles. The predicted molar refractivity (Wildman–Crippen MR) is 63.5 cm³/mol. The zero-order valence-electron chi connectivity index (χ0n) is 10.9. The van der Waals surface area contributed by atoms with Gasteiger partial charge >= 0.3 is 13.9 Å². The maximum Gasteiger partial charge on any atom is 0.472 e. The van der Waals surface area contributed by atoms with Crippen molar-refractivity contribution in [3.05, 3.63) is 0 Å². The van der Waals surface area contributed by atoms with Crippen molar-refractivity contribution in [1.82, 2.24) is 0 Å². The maximum atomic E-state index is 10.9. The van der Waals surface area contributed by atoms with Crippen LogP contribution in [0, 0.1) is 0 Å². The second-order valence-electron chi connectivity index (χ2n) is 3.53. The molecular formula is C9H22NO6P. The van der Waals surface area contributed by atoms with Crippen LogP contribution < -0.4 is 5.73 Å². The van der Waals surface area contributed by atoms with Crippen LogP contribution in [0.15, 0.2) is 0 Å². The van der Waals surface area contributed by atoms with Gasteiger partial charge in [0.25, 0.3) is 0 Å². The summed E-state index contributed by atoms with van der Waals surface area (Å²) in [5.41, 5.74) is 4.54. The molecule has 0 spiro atoms. The Morgan fingerprint density at radius 2 is 1.59 bits per heavy atom. The Kier molecular flexibility index (Phi) is 10.4. The van der Waals surface area contributed by atoms with Crippen LogP contribution in [0.3, 0.4) is 0 Å². The van der Waals surface area contributed by atoms with Crippen molar-refractivity contribution >= 4 is 13.9 Å². The first-order valence-corrected chi connectivity index (χ1v) is 6.72. The summed E-state index contributed by atoms with van der Waals surface area (Å²) in [5, 5.41) is 0. The average Bonchev–Trinajstić information content (AvgIpc) is 1.97. The van der Waals surface area contributed by atoms with Crippen molar-refractivity contribution in [2.45, 2.75) is 46.8 Å². The number of primary amides is 1. The van der Waals surface area contributed by atoms with E-state index in [2.05, 4.69) is 19.5 Å². The lowest BCUT2D eigenvalue weighted by atomic mass is 10.5. The minimum absolute atomic E-state index is 0.301. The summed E-state index contributed by atoms with van der Waals surface area (Å²) in [7, 11) is -3.80. The van der Waals surface area contributed by atoms with Crippen molar-refractivity contribution in [1.29, 1.82) is 0 Å². The summed E-state index contributed by atoms with van der Waals surface area (Å²) < 4.78 is 24.4. The molecule has 104 valence electrons. The third-order valence-corrected chi connectivity index (χ3v) is 2.35. The maximum absolute atomic E-state index is 10.9. The van der Waals surface area contributed by atoms with Gasteiger partial charge in [0, 0.05) is 0 Å². The van der Waals surface area contributed by atoms with E-state index in [-0.39, 0.29) is 12.2 Å². The van der Waals surface area contributed by atoms with E-state index in [0.717, 1.165) is 0 Å². The Hall–Kier alpha value is -0.620. The first kappa shape index (κ1) is 18.7. The van der Waals surface area contributed by atoms with Gasteiger partial charge in [-0.15, -0.1) is 0 Å². The zero-order valence-corrected chi connectivity index (χ0v) is 11.8. The van der Waals surface area contributed by atoms with E-state index in [1.165, 1.54) is 0 Å². The summed E-state index contributed by atoms with van der Waals surface area (Å²) in [4.78, 5) is 18.6. The number of nitrogens with two attached hydrogens (primary N) is 1. The number of phosphoric ester groups is 1. The van der Waals surface area contributed by atoms with Crippen LogP contribution in [0.2, 0.25) is 0 Å². The molecule has 0 aliphatic carbocycles. The van der Waals surface area contributed by atoms with Gasteiger partial charge < -0.3 is 15.4 Å². The van der Waals surface area contributed by atoms with Gasteiger partial charge in [0.15, 0.2) is 0 Å². The number of ether oxygens (including phenoxy) is 1. The molecule has 0 fully saturated rings. The van der Waals surface area contributed by atoms with Crippen LogP contribution in [-0.4, -0.2) is 29.8 Å². The number of hydrogen-bond acceptors (Lipinski definition) is 5. The number of carbonyl (C=O) groups is 1. The van der Waals surface area contributed by atoms with Crippen molar-refractivity contribution in [3.63, 3.8) is 0 Å². The number of amides is 1. The van der Waals surface area contributed by atoms with Crippen LogP contribution in [-0.2, 0) is 18.3 Å². The number of phosphoric acid groups is 1. The molecule has 0 radical (unpaired) electrons. The molecule has 3 N–H and O–H groups in total. The van der Waals surface area contributed by atoms with Gasteiger partial charge in [-0.2, -0.15) is 0 Å². The molecule has 0 aromatic carbocycles. The molecule has 0 saturated heterocycles. The van der Waals surface area contributed by atoms with E-state index in [9.17, 15) is 9.36 Å². The molecule has 0 atom stereocenters. The van der Waals surface area contributed by atoms with Gasteiger partial charge in [-0.05, 0) is 34.6 Å². The van der Waals surface area contributed by atoms with Gasteiger partial charge in [0.2, 0.25) is 0 Å². The van der Waals surface area contributed by atoms with Crippen LogP contribution in [0.25, 0.3) is 0 Å². The lowest BCUT2D eigenvalue weighted by Gasteiger charge is -2.16. The van der Waals surface area contributed by atoms with Crippen LogP contribution in [0.1, 0.15) is 34.6 Å². The predicted octanol–water partition coefficient (Wildman–Crippen LogP) is 2.04. The Morgan fingerprint density at radius 1 is 1.24 bits per heavy atom. The first-order chi connectivity index (χ1) is 7.60. The molecule has 7 nitrogen and oxygen atoms in total. The minimum atomic E-state index is -3.80. The summed E-state index contributed by atoms with van der Waals surface area (Å²) in [6.45, 7) is 8.75. The van der Waals surface area contributed by atoms with E-state index >= 15 is 0 Å². The molecule has 0 aliphatic rings. The second kappa shape index (κ2) is 9.41. The lowest BCUT2D eigenvalue weighted by molar-refractivity contribution is 0.0984. The fourth-order valence-electron chi connectivity index (χ4n) is 0.700. The Bertz CT molecular complexity index is 242. The molecule has 0 aromatic heterocycles. The van der Waals surface area contributed by atoms with E-state index in [0.29, 0.717) is 6.61 Å². The van der Waals surface area contributed by atoms with Crippen molar-refractivity contribution < 1.29 is 28.0 Å². The Balaban J connectivity index is 0. The molecule has 8 heteroatoms. The molecular weight excluding hydrogens is 249 g/mol. The molecule has 0 heterocycles. The second-order valence-corrected chi connectivity index (χ2v) is 4.89. The normalized spacial score (nSPS) is 11.1. The smallest absolute Gasteiger partial charge is 0.450 e. The Morgan fingerprint density at radius 3 is 1.71 bits per heavy atom. The highest BCUT2D eigenvalue weighted by Gasteiger charge is 2.23. The van der Waals surface area contributed by atoms with Crippen LogP contribution in [0.5, 0.6) is 0 Å². The summed E-state index contributed by atoms with van der Waals surface area (Å²) in [6.07, 6.45) is -1.31. The van der Waals surface area contributed by atoms with E-state index < -0.39 is 13.9 Å². The van der Waals surface area contributed by atoms with Crippen molar-refractivity contribution in [3.8, 4) is 0 Å². The van der Waals surface area contributed by atoms with Gasteiger partial charge in [-0.3, -0.25) is 9.05 Å². The monoisotopic (exact) mass is 271 g/mol. The van der Waals surface area contributed by atoms with E-state index in [1.54, 1.807) is 34.6 Å². The molecule has 1 amide bonds. The zero-order chi connectivity index (χ0) is 14.1. The van der Waals surface area contributed by atoms with Gasteiger partial charge in [-0.1, -0.05) is 0 Å². The largest absolute Gasteiger partial charge is 0.472 e. The summed E-state index contributed by atoms with van der Waals surface area (Å²) >= 11 is 0. The fourth-order valence-corrected chi connectivity index (χ4v) is 1.82. The molecule has 0 aromatic rings. The topological polar surface area (TPSA) is 108 Å². The highest BCUT2D eigenvalue weighted by molar-refractivity contribution is 7.47. The third kappa shape index (κ3) is 18.0. The lowest BCUT2D eigenvalue weighted by Crippen LogP contribution is -2.11. The van der Waals surface area contributed by atoms with Crippen LogP contribution >= 0.6 is 7.82 Å². The highest BCUT2D eigenvalue weighted by Crippen LogP contribution is 2.45. The summed E-state index contributed by atoms with van der Waals surface area (Å²) in [5.74, 6) is 0. The fraction of sp³-hybridized carbons (Fsp3) is 0.889. The number of carbonyl (C=O) groups excluding carboxylic acids is 1. The molecule has 0 unspecified atom stereocenters. The Labute approximate surface area is 102 Å². The average molecular weight is 271 g/mol. The van der Waals surface area contributed by atoms with E-state index in [1.807, 2.05) is 0 Å². The number of rotatable bonds is 5. The third-order valence-electron chi connectivity index (χ3n) is 0.975. The van der Waals surface area contributed by atoms with Crippen LogP contribution in [0.4, 0.5) is 4.79 Å². The molecule has 17 heavy (non-hydrogen) atoms. The molecule has 0 bridgehead atoms. The minimum Gasteiger partial charge on any atom is -0.450 e. The van der Waals surface area contributed by atoms with Crippen molar-refractivity contribution in [2.75, 3.05) is 6.61 Å².